The van der Waals surface area contributed by atoms with E-state index < -0.39 is 0 Å². The van der Waals surface area contributed by atoms with Gasteiger partial charge in [0.05, 0.1) is 0 Å². The van der Waals surface area contributed by atoms with Crippen LogP contribution in [0.5, 0.6) is 0 Å². The van der Waals surface area contributed by atoms with Crippen molar-refractivity contribution in [2.24, 2.45) is 0 Å². The van der Waals surface area contributed by atoms with E-state index in [1.54, 1.807) is 22.0 Å². The highest BCUT2D eigenvalue weighted by Crippen LogP contribution is 2.49. The summed E-state index contributed by atoms with van der Waals surface area (Å²) in [5.41, 5.74) is 32.3. The third-order valence-electron chi connectivity index (χ3n) is 19.8. The van der Waals surface area contributed by atoms with Crippen molar-refractivity contribution in [3.63, 3.8) is 0 Å². The molecule has 0 bridgehead atoms. The van der Waals surface area contributed by atoms with Crippen molar-refractivity contribution in [1.29, 1.82) is 0 Å². The van der Waals surface area contributed by atoms with Gasteiger partial charge in [-0.05, 0) is 123 Å². The van der Waals surface area contributed by atoms with Gasteiger partial charge in [-0.2, -0.15) is 0 Å². The first-order valence-corrected chi connectivity index (χ1v) is 29.8. The van der Waals surface area contributed by atoms with E-state index in [-0.39, 0.29) is 52.6 Å². The van der Waals surface area contributed by atoms with Gasteiger partial charge in [0.15, 0.2) is 0 Å². The molecular weight excluding hydrogens is 925 g/mol. The molecule has 0 amide bonds. The van der Waals surface area contributed by atoms with Crippen molar-refractivity contribution >= 4 is 113 Å². The van der Waals surface area contributed by atoms with Crippen LogP contribution in [0.15, 0.2) is 97.1 Å². The van der Waals surface area contributed by atoms with E-state index >= 15 is 0 Å². The second-order valence-electron chi connectivity index (χ2n) is 31.1. The fourth-order valence-corrected chi connectivity index (χ4v) is 16.3. The van der Waals surface area contributed by atoms with Gasteiger partial charge in [-0.15, -0.1) is 0 Å². The van der Waals surface area contributed by atoms with Crippen molar-refractivity contribution in [2.45, 2.75) is 195 Å². The molecule has 5 aliphatic rings. The number of fused-ring (bicyclic) bond motifs is 4. The molecule has 7 aromatic carbocycles. The Hall–Kier alpha value is -5.67. The average Bonchev–Trinajstić information content (AvgIpc) is 4.00. The first kappa shape index (κ1) is 49.6. The zero-order chi connectivity index (χ0) is 54.3. The van der Waals surface area contributed by atoms with E-state index in [1.807, 2.05) is 0 Å². The Balaban J connectivity index is 1.31. The van der Waals surface area contributed by atoms with Crippen molar-refractivity contribution in [3.05, 3.63) is 136 Å². The molecule has 77 heavy (non-hydrogen) atoms. The Labute approximate surface area is 462 Å². The summed E-state index contributed by atoms with van der Waals surface area (Å²) >= 11 is 0. The molecule has 0 atom stereocenters. The summed E-state index contributed by atoms with van der Waals surface area (Å²) in [5, 5.41) is 5.93. The number of hydrogen-bond acceptors (Lipinski definition) is 0. The van der Waals surface area contributed by atoms with Crippen LogP contribution < -0.4 is 49.2 Å². The standard InChI is InChI=1S/C72H81B3N2/c1-67(2,3)41-26-22-28-43(38-41)73-49-34-30-45(69(7,8)9)54-56-47(71(13,14)15)32-36-51-63(56)76(61(49)54)65-58(73)53(40-24-20-19-21-25-40)59-66-60(65)75(51)52-37-33-48(72(16,17)18)57-55-46(70(10,11)12)31-35-50(62(55)77(66)64(52)57)74(59)44-29-23-27-42(39-44)68(4,5)6/h22-23,26-40H,19-21,24-25H2,1-18H3. The molecule has 388 valence electrons. The summed E-state index contributed by atoms with van der Waals surface area (Å²) < 4.78 is 5.89. The van der Waals surface area contributed by atoms with Gasteiger partial charge in [0.1, 0.15) is 0 Å². The lowest BCUT2D eigenvalue weighted by molar-refractivity contribution is 0.446. The molecule has 0 N–H and O–H groups in total. The summed E-state index contributed by atoms with van der Waals surface area (Å²) in [5.74, 6) is 0.425. The van der Waals surface area contributed by atoms with E-state index in [2.05, 4.69) is 231 Å². The van der Waals surface area contributed by atoms with Gasteiger partial charge in [-0.1, -0.05) is 257 Å². The highest BCUT2D eigenvalue weighted by molar-refractivity contribution is 7.06. The Bertz CT molecular complexity index is 3830. The van der Waals surface area contributed by atoms with Gasteiger partial charge in [-0.25, -0.2) is 0 Å². The van der Waals surface area contributed by atoms with Crippen molar-refractivity contribution in [2.75, 3.05) is 0 Å². The maximum Gasteiger partial charge on any atom is 0.252 e. The normalized spacial score (nSPS) is 16.3. The van der Waals surface area contributed by atoms with Crippen LogP contribution in [0, 0.1) is 0 Å². The molecule has 14 rings (SSSR count). The van der Waals surface area contributed by atoms with Gasteiger partial charge in [0.25, 0.3) is 6.71 Å². The summed E-state index contributed by atoms with van der Waals surface area (Å²) in [6, 6.07) is 40.7. The van der Waals surface area contributed by atoms with E-state index in [0.717, 1.165) is 0 Å². The molecule has 4 aliphatic heterocycles. The zero-order valence-corrected chi connectivity index (χ0v) is 50.0. The molecule has 1 aliphatic carbocycles. The number of nitrogens with zero attached hydrogens (tertiary/aromatic N) is 2. The predicted molar refractivity (Wildman–Crippen MR) is 340 cm³/mol. The van der Waals surface area contributed by atoms with E-state index in [9.17, 15) is 0 Å². The lowest BCUT2D eigenvalue weighted by Gasteiger charge is -2.45. The summed E-state index contributed by atoms with van der Waals surface area (Å²) in [6.45, 7) is 44.1. The molecule has 2 aromatic heterocycles. The molecule has 6 heterocycles. The Morgan fingerprint density at radius 1 is 0.351 bits per heavy atom. The predicted octanol–water partition coefficient (Wildman–Crippen LogP) is 12.5. The van der Waals surface area contributed by atoms with Gasteiger partial charge in [-0.3, -0.25) is 0 Å². The van der Waals surface area contributed by atoms with Crippen LogP contribution in [0.1, 0.15) is 202 Å². The SMILES string of the molecule is CC(C)(C)c1cccc(B2c3c(C4CCCCC4)c4c5c6c3-n3c7c2ccc(C(C)(C)C)c7c2c(C(C)(C)C)ccc(c23)B6c2ccc(C(C)(C)C)c3c6c(C(C)(C)C)ccc(c6n-5c23)B4c2cccc(C(C)(C)C)c2)c1. The summed E-state index contributed by atoms with van der Waals surface area (Å²) in [6.07, 6.45) is 6.30. The maximum absolute atomic E-state index is 2.94. The molecule has 1 fully saturated rings. The highest BCUT2D eigenvalue weighted by Gasteiger charge is 2.53. The van der Waals surface area contributed by atoms with Crippen LogP contribution in [0.4, 0.5) is 0 Å². The van der Waals surface area contributed by atoms with Gasteiger partial charge >= 0.3 is 0 Å². The van der Waals surface area contributed by atoms with E-state index in [0.29, 0.717) is 5.92 Å². The first-order chi connectivity index (χ1) is 36.1. The monoisotopic (exact) mass is 1010 g/mol. The molecule has 9 aromatic rings. The lowest BCUT2D eigenvalue weighted by Crippen LogP contribution is -2.71. The summed E-state index contributed by atoms with van der Waals surface area (Å²) in [7, 11) is 0. The molecule has 0 unspecified atom stereocenters. The van der Waals surface area contributed by atoms with Crippen LogP contribution in [0.2, 0.25) is 0 Å². The van der Waals surface area contributed by atoms with E-state index in [4.69, 9.17) is 0 Å². The van der Waals surface area contributed by atoms with Crippen molar-refractivity contribution in [3.8, 4) is 11.4 Å². The topological polar surface area (TPSA) is 9.86 Å². The number of hydrogen-bond donors (Lipinski definition) is 0. The molecule has 1 saturated carbocycles. The number of rotatable bonds is 3. The molecule has 0 radical (unpaired) electrons. The van der Waals surface area contributed by atoms with Gasteiger partial charge in [0, 0.05) is 55.0 Å². The van der Waals surface area contributed by atoms with Crippen molar-refractivity contribution in [1.82, 2.24) is 9.13 Å². The molecule has 5 heteroatoms. The van der Waals surface area contributed by atoms with Crippen molar-refractivity contribution < 1.29 is 0 Å². The number of aromatic nitrogens is 2. The lowest BCUT2D eigenvalue weighted by atomic mass is 9.26. The second-order valence-corrected chi connectivity index (χ2v) is 31.1. The maximum atomic E-state index is 2.94. The van der Waals surface area contributed by atoms with Crippen LogP contribution in [0.25, 0.3) is 55.0 Å². The minimum Gasteiger partial charge on any atom is -0.311 e. The Morgan fingerprint density at radius 3 is 0.987 bits per heavy atom. The van der Waals surface area contributed by atoms with Crippen LogP contribution in [0.3, 0.4) is 0 Å². The van der Waals surface area contributed by atoms with Crippen LogP contribution in [-0.2, 0) is 32.5 Å². The quantitative estimate of drug-likeness (QED) is 0.156. The smallest absolute Gasteiger partial charge is 0.252 e. The Kier molecular flexibility index (Phi) is 10.0. The third kappa shape index (κ3) is 6.64. The largest absolute Gasteiger partial charge is 0.311 e. The second kappa shape index (κ2) is 15.6. The summed E-state index contributed by atoms with van der Waals surface area (Å²) in [4.78, 5) is 0. The minimum atomic E-state index is -0.0846. The number of benzene rings is 7. The van der Waals surface area contributed by atoms with E-state index in [1.165, 1.54) is 153 Å². The molecule has 0 spiro atoms. The molecule has 0 saturated heterocycles. The minimum absolute atomic E-state index is 0.00548. The first-order valence-electron chi connectivity index (χ1n) is 29.8. The fourth-order valence-electron chi connectivity index (χ4n) is 16.3. The Morgan fingerprint density at radius 2 is 0.675 bits per heavy atom. The third-order valence-corrected chi connectivity index (χ3v) is 19.8. The van der Waals surface area contributed by atoms with Crippen LogP contribution >= 0.6 is 0 Å². The fraction of sp³-hybridized carbons (Fsp3) is 0.417. The van der Waals surface area contributed by atoms with Gasteiger partial charge < -0.3 is 9.13 Å². The van der Waals surface area contributed by atoms with Gasteiger partial charge in [0.2, 0.25) is 13.4 Å². The van der Waals surface area contributed by atoms with Crippen LogP contribution in [-0.4, -0.2) is 29.3 Å². The molecule has 2 nitrogen and oxygen atoms in total. The molecular formula is C72H81B3N2. The highest BCUT2D eigenvalue weighted by atomic mass is 15.1. The average molecular weight is 1010 g/mol. The zero-order valence-electron chi connectivity index (χ0n) is 50.0.